The highest BCUT2D eigenvalue weighted by Crippen LogP contribution is 2.29. The molecule has 1 N–H and O–H groups in total. The summed E-state index contributed by atoms with van der Waals surface area (Å²) in [7, 11) is -0.773. The number of nitrogens with one attached hydrogen (secondary N) is 1. The van der Waals surface area contributed by atoms with Gasteiger partial charge in [0.2, 0.25) is 10.0 Å². The number of anilines is 1. The van der Waals surface area contributed by atoms with Crippen molar-refractivity contribution >= 4 is 33.4 Å². The van der Waals surface area contributed by atoms with Gasteiger partial charge in [0.1, 0.15) is 0 Å². The smallest absolute Gasteiger partial charge is 0.312 e. The summed E-state index contributed by atoms with van der Waals surface area (Å²) in [6.07, 6.45) is 3.86. The zero-order valence-electron chi connectivity index (χ0n) is 19.1. The van der Waals surface area contributed by atoms with Crippen LogP contribution in [0.4, 0.5) is 5.69 Å². The minimum absolute atomic E-state index is 0.0735. The van der Waals surface area contributed by atoms with Crippen LogP contribution in [-0.4, -0.2) is 99.7 Å². The molecule has 0 unspecified atom stereocenters. The zero-order valence-corrected chi connectivity index (χ0v) is 19.9. The molecule has 3 amide bonds. The highest BCUT2D eigenvalue weighted by atomic mass is 32.2. The fourth-order valence-electron chi connectivity index (χ4n) is 4.19. The quantitative estimate of drug-likeness (QED) is 0.603. The normalized spacial score (nSPS) is 19.2. The molecule has 3 aliphatic rings. The first-order valence-corrected chi connectivity index (χ1v) is 12.8. The summed E-state index contributed by atoms with van der Waals surface area (Å²) in [5.41, 5.74) is 1.09. The first kappa shape index (κ1) is 23.5. The number of hydrogen-bond acceptors (Lipinski definition) is 6. The van der Waals surface area contributed by atoms with E-state index in [1.54, 1.807) is 17.0 Å². The number of rotatable bonds is 5. The first-order chi connectivity index (χ1) is 15.7. The highest BCUT2D eigenvalue weighted by Gasteiger charge is 2.33. The van der Waals surface area contributed by atoms with Crippen molar-refractivity contribution in [2.45, 2.75) is 36.6 Å². The Morgan fingerprint density at radius 3 is 2.12 bits per heavy atom. The van der Waals surface area contributed by atoms with Crippen LogP contribution in [0.2, 0.25) is 0 Å². The Morgan fingerprint density at radius 1 is 0.939 bits per heavy atom. The average molecular weight is 478 g/mol. The molecule has 10 nitrogen and oxygen atoms in total. The molecule has 4 rings (SSSR count). The number of sulfonamides is 1. The topological polar surface area (TPSA) is 110 Å². The van der Waals surface area contributed by atoms with Gasteiger partial charge in [0.05, 0.1) is 10.5 Å². The van der Waals surface area contributed by atoms with Gasteiger partial charge < -0.3 is 20.0 Å². The van der Waals surface area contributed by atoms with Crippen LogP contribution in [0.5, 0.6) is 0 Å². The van der Waals surface area contributed by atoms with Crippen LogP contribution in [0.3, 0.4) is 0 Å². The number of carbonyl (C=O) groups excluding carboxylic acids is 3. The molecule has 11 heteroatoms. The van der Waals surface area contributed by atoms with Gasteiger partial charge in [0.25, 0.3) is 5.91 Å². The molecule has 3 fully saturated rings. The summed E-state index contributed by atoms with van der Waals surface area (Å²) in [5, 5.41) is 2.70. The van der Waals surface area contributed by atoms with Gasteiger partial charge >= 0.3 is 11.8 Å². The van der Waals surface area contributed by atoms with Crippen LogP contribution in [-0.2, 0) is 19.6 Å². The molecule has 0 aromatic heterocycles. The first-order valence-electron chi connectivity index (χ1n) is 11.4. The lowest BCUT2D eigenvalue weighted by molar-refractivity contribution is -0.146. The van der Waals surface area contributed by atoms with Crippen LogP contribution in [0.25, 0.3) is 0 Å². The maximum Gasteiger partial charge on any atom is 0.312 e. The van der Waals surface area contributed by atoms with Crippen molar-refractivity contribution in [2.75, 3.05) is 58.3 Å². The van der Waals surface area contributed by atoms with E-state index in [9.17, 15) is 22.8 Å². The number of piperazine rings is 1. The second kappa shape index (κ2) is 9.30. The van der Waals surface area contributed by atoms with Gasteiger partial charge in [-0.15, -0.1) is 0 Å². The van der Waals surface area contributed by atoms with Crippen molar-refractivity contribution in [3.8, 4) is 0 Å². The van der Waals surface area contributed by atoms with Crippen LogP contribution in [0.1, 0.15) is 36.0 Å². The van der Waals surface area contributed by atoms with Gasteiger partial charge in [-0.1, -0.05) is 0 Å². The lowest BCUT2D eigenvalue weighted by Gasteiger charge is -2.35. The third kappa shape index (κ3) is 4.98. The molecule has 1 saturated carbocycles. The lowest BCUT2D eigenvalue weighted by atomic mass is 10.1. The third-order valence-electron chi connectivity index (χ3n) is 6.38. The molecule has 2 aliphatic heterocycles. The summed E-state index contributed by atoms with van der Waals surface area (Å²) in [4.78, 5) is 43.2. The van der Waals surface area contributed by atoms with Gasteiger partial charge in [-0.2, -0.15) is 0 Å². The van der Waals surface area contributed by atoms with Gasteiger partial charge in [-0.3, -0.25) is 14.4 Å². The largest absolute Gasteiger partial charge is 0.371 e. The Hall–Kier alpha value is -2.66. The average Bonchev–Trinajstić information content (AvgIpc) is 3.45. The van der Waals surface area contributed by atoms with Crippen molar-refractivity contribution < 1.29 is 22.8 Å². The van der Waals surface area contributed by atoms with Crippen LogP contribution in [0.15, 0.2) is 23.1 Å². The highest BCUT2D eigenvalue weighted by molar-refractivity contribution is 7.89. The molecule has 1 aromatic rings. The van der Waals surface area contributed by atoms with Crippen molar-refractivity contribution in [1.29, 1.82) is 0 Å². The third-order valence-corrected chi connectivity index (χ3v) is 8.20. The Labute approximate surface area is 194 Å². The molecule has 0 atom stereocenters. The van der Waals surface area contributed by atoms with E-state index in [1.165, 1.54) is 25.1 Å². The van der Waals surface area contributed by atoms with Crippen LogP contribution in [0, 0.1) is 0 Å². The van der Waals surface area contributed by atoms with Crippen LogP contribution < -0.4 is 10.2 Å². The molecule has 1 aromatic carbocycles. The van der Waals surface area contributed by atoms with E-state index in [0.717, 1.165) is 48.8 Å². The Morgan fingerprint density at radius 2 is 1.55 bits per heavy atom. The van der Waals surface area contributed by atoms with Crippen molar-refractivity contribution in [3.05, 3.63) is 23.8 Å². The van der Waals surface area contributed by atoms with Crippen molar-refractivity contribution in [1.82, 2.24) is 19.4 Å². The number of amides is 3. The lowest BCUT2D eigenvalue weighted by Crippen LogP contribution is -2.54. The molecule has 0 bridgehead atoms. The molecule has 2 heterocycles. The Balaban J connectivity index is 1.51. The minimum Gasteiger partial charge on any atom is -0.371 e. The van der Waals surface area contributed by atoms with Crippen molar-refractivity contribution in [3.63, 3.8) is 0 Å². The second-order valence-electron chi connectivity index (χ2n) is 8.99. The summed E-state index contributed by atoms with van der Waals surface area (Å²) in [6, 6.07) is 4.84. The molecule has 180 valence electrons. The van der Waals surface area contributed by atoms with Gasteiger partial charge in [0, 0.05) is 65.1 Å². The number of nitrogens with zero attached hydrogens (tertiary/aromatic N) is 4. The van der Waals surface area contributed by atoms with E-state index in [-0.39, 0.29) is 43.0 Å². The van der Waals surface area contributed by atoms with E-state index in [4.69, 9.17) is 0 Å². The molecule has 0 spiro atoms. The summed E-state index contributed by atoms with van der Waals surface area (Å²) in [5.74, 6) is -1.41. The molecule has 1 aliphatic carbocycles. The van der Waals surface area contributed by atoms with E-state index < -0.39 is 21.8 Å². The molecule has 0 radical (unpaired) electrons. The molecular formula is C22H31N5O5S. The predicted molar refractivity (Wildman–Crippen MR) is 122 cm³/mol. The summed E-state index contributed by atoms with van der Waals surface area (Å²) >= 11 is 0. The van der Waals surface area contributed by atoms with Gasteiger partial charge in [-0.05, 0) is 43.9 Å². The Bertz CT molecular complexity index is 1040. The SMILES string of the molecule is CN(C)S(=O)(=O)c1ccc(N2CCCC2)c(C(=O)N2CCN(C(=O)C(=O)NC3CC3)CC2)c1. The Kier molecular flexibility index (Phi) is 6.62. The standard InChI is InChI=1S/C22H31N5O5S/c1-24(2)33(31,32)17-7-8-19(25-9-3-4-10-25)18(15-17)21(29)26-11-13-27(14-12-26)22(30)20(28)23-16-5-6-16/h7-8,15-16H,3-6,9-14H2,1-2H3,(H,23,28). The maximum absolute atomic E-state index is 13.5. The number of carbonyl (C=O) groups is 3. The van der Waals surface area contributed by atoms with Gasteiger partial charge in [-0.25, -0.2) is 12.7 Å². The van der Waals surface area contributed by atoms with E-state index in [1.807, 2.05) is 0 Å². The maximum atomic E-state index is 13.5. The second-order valence-corrected chi connectivity index (χ2v) is 11.1. The monoisotopic (exact) mass is 477 g/mol. The molecule has 33 heavy (non-hydrogen) atoms. The van der Waals surface area contributed by atoms with Gasteiger partial charge in [0.15, 0.2) is 0 Å². The molecule has 2 saturated heterocycles. The predicted octanol–water partition coefficient (Wildman–Crippen LogP) is 0.100. The van der Waals surface area contributed by atoms with E-state index in [2.05, 4.69) is 10.2 Å². The van der Waals surface area contributed by atoms with Crippen LogP contribution >= 0.6 is 0 Å². The van der Waals surface area contributed by atoms with E-state index >= 15 is 0 Å². The molecular weight excluding hydrogens is 446 g/mol. The van der Waals surface area contributed by atoms with Crippen molar-refractivity contribution in [2.24, 2.45) is 0 Å². The number of hydrogen-bond donors (Lipinski definition) is 1. The zero-order chi connectivity index (χ0) is 23.8. The fourth-order valence-corrected chi connectivity index (χ4v) is 5.12. The summed E-state index contributed by atoms with van der Waals surface area (Å²) in [6.45, 7) is 2.72. The number of benzene rings is 1. The fraction of sp³-hybridized carbons (Fsp3) is 0.591. The summed E-state index contributed by atoms with van der Waals surface area (Å²) < 4.78 is 26.5. The van der Waals surface area contributed by atoms with E-state index in [0.29, 0.717) is 5.56 Å². The minimum atomic E-state index is -3.69.